The summed E-state index contributed by atoms with van der Waals surface area (Å²) in [5.41, 5.74) is 0.750. The number of rotatable bonds is 5. The van der Waals surface area contributed by atoms with E-state index in [4.69, 9.17) is 0 Å². The van der Waals surface area contributed by atoms with Crippen molar-refractivity contribution in [3.05, 3.63) is 53.3 Å². The van der Waals surface area contributed by atoms with Crippen molar-refractivity contribution in [2.45, 2.75) is 32.5 Å². The zero-order valence-corrected chi connectivity index (χ0v) is 11.5. The zero-order chi connectivity index (χ0) is 15.5. The average molecular weight is 296 g/mol. The molecule has 0 spiro atoms. The summed E-state index contributed by atoms with van der Waals surface area (Å²) < 4.78 is 38.3. The molecule has 112 valence electrons. The number of benzene rings is 1. The molecular weight excluding hydrogens is 281 g/mol. The highest BCUT2D eigenvalue weighted by Crippen LogP contribution is 2.28. The predicted octanol–water partition coefficient (Wildman–Crippen LogP) is 3.74. The molecule has 0 saturated heterocycles. The van der Waals surface area contributed by atoms with Gasteiger partial charge in [0, 0.05) is 11.8 Å². The minimum atomic E-state index is -4.44. The Morgan fingerprint density at radius 1 is 1.24 bits per heavy atom. The number of hydrogen-bond donors (Lipinski definition) is 0. The molecular formula is C15H15F3N2O. The van der Waals surface area contributed by atoms with Crippen LogP contribution in [0.4, 0.5) is 13.2 Å². The van der Waals surface area contributed by atoms with Crippen LogP contribution in [-0.2, 0) is 19.1 Å². The van der Waals surface area contributed by atoms with Crippen LogP contribution in [0, 0.1) is 0 Å². The van der Waals surface area contributed by atoms with Crippen LogP contribution in [-0.4, -0.2) is 15.6 Å². The average Bonchev–Trinajstić information content (AvgIpc) is 2.88. The molecule has 0 atom stereocenters. The molecule has 2 rings (SSSR count). The van der Waals surface area contributed by atoms with Gasteiger partial charge in [-0.15, -0.1) is 0 Å². The largest absolute Gasteiger partial charge is 0.419 e. The number of aromatic nitrogens is 2. The molecule has 0 fully saturated rings. The summed E-state index contributed by atoms with van der Waals surface area (Å²) in [6.45, 7) is 1.86. The third-order valence-corrected chi connectivity index (χ3v) is 3.08. The van der Waals surface area contributed by atoms with Crippen molar-refractivity contribution in [2.24, 2.45) is 0 Å². The molecule has 3 nitrogen and oxygen atoms in total. The van der Waals surface area contributed by atoms with Gasteiger partial charge >= 0.3 is 6.18 Å². The van der Waals surface area contributed by atoms with E-state index in [0.717, 1.165) is 35.5 Å². The lowest BCUT2D eigenvalue weighted by Crippen LogP contribution is -2.11. The van der Waals surface area contributed by atoms with Crippen LogP contribution < -0.4 is 0 Å². The minimum absolute atomic E-state index is 0.205. The van der Waals surface area contributed by atoms with Crippen LogP contribution in [0.3, 0.4) is 0 Å². The molecule has 0 N–H and O–H groups in total. The summed E-state index contributed by atoms with van der Waals surface area (Å²) in [7, 11) is 0. The number of aryl methyl sites for hydroxylation is 1. The number of carbonyl (C=O) groups is 1. The second-order valence-electron chi connectivity index (χ2n) is 4.79. The molecule has 0 amide bonds. The summed E-state index contributed by atoms with van der Waals surface area (Å²) >= 11 is 0. The SMILES string of the molecule is CCCc1ccc(C(=O)Cn2cc(C(F)(F)F)cn2)cc1. The van der Waals surface area contributed by atoms with E-state index in [0.29, 0.717) is 5.56 Å². The third kappa shape index (κ3) is 3.93. The zero-order valence-electron chi connectivity index (χ0n) is 11.5. The van der Waals surface area contributed by atoms with E-state index in [2.05, 4.69) is 12.0 Å². The maximum absolute atomic E-state index is 12.4. The number of hydrogen-bond acceptors (Lipinski definition) is 2. The lowest BCUT2D eigenvalue weighted by atomic mass is 10.1. The molecule has 21 heavy (non-hydrogen) atoms. The van der Waals surface area contributed by atoms with Crippen LogP contribution >= 0.6 is 0 Å². The number of nitrogens with zero attached hydrogens (tertiary/aromatic N) is 2. The van der Waals surface area contributed by atoms with E-state index in [9.17, 15) is 18.0 Å². The molecule has 6 heteroatoms. The molecule has 0 aliphatic carbocycles. The first-order valence-corrected chi connectivity index (χ1v) is 6.62. The molecule has 2 aromatic rings. The smallest absolute Gasteiger partial charge is 0.292 e. The van der Waals surface area contributed by atoms with E-state index in [1.165, 1.54) is 0 Å². The molecule has 0 aliphatic rings. The Morgan fingerprint density at radius 3 is 2.43 bits per heavy atom. The van der Waals surface area contributed by atoms with Gasteiger partial charge in [-0.25, -0.2) is 0 Å². The van der Waals surface area contributed by atoms with Crippen LogP contribution in [0.25, 0.3) is 0 Å². The monoisotopic (exact) mass is 296 g/mol. The van der Waals surface area contributed by atoms with Crippen molar-refractivity contribution in [1.29, 1.82) is 0 Å². The van der Waals surface area contributed by atoms with Gasteiger partial charge in [0.25, 0.3) is 0 Å². The molecule has 0 aliphatic heterocycles. The molecule has 0 bridgehead atoms. The van der Waals surface area contributed by atoms with Crippen molar-refractivity contribution in [2.75, 3.05) is 0 Å². The maximum Gasteiger partial charge on any atom is 0.419 e. The number of alkyl halides is 3. The van der Waals surface area contributed by atoms with Crippen LogP contribution in [0.15, 0.2) is 36.7 Å². The van der Waals surface area contributed by atoms with Crippen LogP contribution in [0.5, 0.6) is 0 Å². The fourth-order valence-corrected chi connectivity index (χ4v) is 1.98. The molecule has 0 radical (unpaired) electrons. The van der Waals surface area contributed by atoms with Crippen molar-refractivity contribution < 1.29 is 18.0 Å². The van der Waals surface area contributed by atoms with E-state index >= 15 is 0 Å². The Balaban J connectivity index is 2.05. The topological polar surface area (TPSA) is 34.9 Å². The second-order valence-corrected chi connectivity index (χ2v) is 4.79. The van der Waals surface area contributed by atoms with Gasteiger partial charge in [-0.05, 0) is 12.0 Å². The maximum atomic E-state index is 12.4. The van der Waals surface area contributed by atoms with Gasteiger partial charge in [-0.1, -0.05) is 37.6 Å². The quantitative estimate of drug-likeness (QED) is 0.788. The van der Waals surface area contributed by atoms with Gasteiger partial charge < -0.3 is 0 Å². The van der Waals surface area contributed by atoms with E-state index in [-0.39, 0.29) is 12.3 Å². The first kappa shape index (κ1) is 15.3. The number of ketones is 1. The molecule has 1 heterocycles. The summed E-state index contributed by atoms with van der Waals surface area (Å²) in [5, 5.41) is 3.57. The highest BCUT2D eigenvalue weighted by Gasteiger charge is 2.32. The highest BCUT2D eigenvalue weighted by molar-refractivity contribution is 5.95. The van der Waals surface area contributed by atoms with E-state index < -0.39 is 11.7 Å². The normalized spacial score (nSPS) is 11.6. The summed E-state index contributed by atoms with van der Waals surface area (Å²) in [6.07, 6.45) is -0.937. The number of halogens is 3. The van der Waals surface area contributed by atoms with Gasteiger partial charge in [0.05, 0.1) is 11.8 Å². The standard InChI is InChI=1S/C15H15F3N2O/c1-2-3-11-4-6-12(7-5-11)14(21)10-20-9-13(8-19-20)15(16,17)18/h4-9H,2-3,10H2,1H3. The van der Waals surface area contributed by atoms with Crippen LogP contribution in [0.1, 0.15) is 34.8 Å². The summed E-state index contributed by atoms with van der Waals surface area (Å²) in [4.78, 5) is 12.0. The van der Waals surface area contributed by atoms with Gasteiger partial charge in [-0.3, -0.25) is 9.48 Å². The number of carbonyl (C=O) groups excluding carboxylic acids is 1. The third-order valence-electron chi connectivity index (χ3n) is 3.08. The molecule has 0 saturated carbocycles. The van der Waals surface area contributed by atoms with Crippen molar-refractivity contribution >= 4 is 5.78 Å². The Labute approximate surface area is 120 Å². The van der Waals surface area contributed by atoms with Gasteiger partial charge in [0.2, 0.25) is 0 Å². The minimum Gasteiger partial charge on any atom is -0.292 e. The van der Waals surface area contributed by atoms with Crippen molar-refractivity contribution in [3.63, 3.8) is 0 Å². The lowest BCUT2D eigenvalue weighted by molar-refractivity contribution is -0.137. The van der Waals surface area contributed by atoms with Crippen molar-refractivity contribution in [3.8, 4) is 0 Å². The summed E-state index contributed by atoms with van der Waals surface area (Å²) in [5.74, 6) is -0.269. The lowest BCUT2D eigenvalue weighted by Gasteiger charge is -2.04. The van der Waals surface area contributed by atoms with Gasteiger partial charge in [0.1, 0.15) is 6.54 Å². The molecule has 1 aromatic heterocycles. The Hall–Kier alpha value is -2.11. The van der Waals surface area contributed by atoms with Crippen molar-refractivity contribution in [1.82, 2.24) is 9.78 Å². The van der Waals surface area contributed by atoms with Crippen LogP contribution in [0.2, 0.25) is 0 Å². The van der Waals surface area contributed by atoms with Gasteiger partial charge in [0.15, 0.2) is 5.78 Å². The Morgan fingerprint density at radius 2 is 1.90 bits per heavy atom. The Bertz CT molecular complexity index is 615. The second kappa shape index (κ2) is 6.11. The number of Topliss-reactive ketones (excluding diaryl/α,β-unsaturated/α-hetero) is 1. The predicted molar refractivity (Wildman–Crippen MR) is 72.0 cm³/mol. The molecule has 0 unspecified atom stereocenters. The first-order valence-electron chi connectivity index (χ1n) is 6.62. The van der Waals surface area contributed by atoms with E-state index in [1.807, 2.05) is 12.1 Å². The Kier molecular flexibility index (Phi) is 4.45. The first-order chi connectivity index (χ1) is 9.90. The fourth-order valence-electron chi connectivity index (χ4n) is 1.98. The summed E-state index contributed by atoms with van der Waals surface area (Å²) in [6, 6.07) is 7.12. The highest BCUT2D eigenvalue weighted by atomic mass is 19.4. The van der Waals surface area contributed by atoms with Gasteiger partial charge in [-0.2, -0.15) is 18.3 Å². The molecule has 1 aromatic carbocycles. The van der Waals surface area contributed by atoms with E-state index in [1.54, 1.807) is 12.1 Å². The fraction of sp³-hybridized carbons (Fsp3) is 0.333.